The zero-order valence-corrected chi connectivity index (χ0v) is 9.76. The molecule has 0 saturated heterocycles. The number of carboxylic acid groups (broad SMARTS) is 1. The van der Waals surface area contributed by atoms with Gasteiger partial charge < -0.3 is 9.84 Å². The Morgan fingerprint density at radius 1 is 1.42 bits per heavy atom. The van der Waals surface area contributed by atoms with E-state index in [9.17, 15) is 19.8 Å². The minimum absolute atomic E-state index is 0.00493. The molecule has 0 unspecified atom stereocenters. The van der Waals surface area contributed by atoms with Crippen molar-refractivity contribution in [2.45, 2.75) is 0 Å². The molecule has 0 aliphatic rings. The summed E-state index contributed by atoms with van der Waals surface area (Å²) in [5.41, 5.74) is 0.260. The number of hydrogen-bond acceptors (Lipinski definition) is 6. The summed E-state index contributed by atoms with van der Waals surface area (Å²) >= 11 is 0. The molecule has 1 aromatic rings. The molecular formula is C10H11N3O6. The van der Waals surface area contributed by atoms with Gasteiger partial charge in [-0.3, -0.25) is 10.1 Å². The predicted molar refractivity (Wildman–Crippen MR) is 64.7 cm³/mol. The number of nitro groups is 1. The summed E-state index contributed by atoms with van der Waals surface area (Å²) in [5, 5.41) is 22.6. The van der Waals surface area contributed by atoms with Crippen molar-refractivity contribution in [3.05, 3.63) is 39.3 Å². The molecule has 0 bridgehead atoms. The number of anilines is 1. The highest BCUT2D eigenvalue weighted by Gasteiger charge is 2.10. The van der Waals surface area contributed by atoms with E-state index >= 15 is 0 Å². The number of benzene rings is 1. The van der Waals surface area contributed by atoms with E-state index in [0.717, 1.165) is 5.01 Å². The van der Waals surface area contributed by atoms with Crippen molar-refractivity contribution in [3.8, 4) is 0 Å². The van der Waals surface area contributed by atoms with E-state index in [1.807, 2.05) is 0 Å². The lowest BCUT2D eigenvalue weighted by molar-refractivity contribution is -0.384. The molecule has 0 heterocycles. The van der Waals surface area contributed by atoms with Gasteiger partial charge in [-0.05, 0) is 12.1 Å². The van der Waals surface area contributed by atoms with Crippen LogP contribution in [0, 0.1) is 15.0 Å². The molecule has 0 aromatic heterocycles. The van der Waals surface area contributed by atoms with Crippen LogP contribution in [-0.2, 0) is 9.53 Å². The molecule has 0 aliphatic carbocycles. The van der Waals surface area contributed by atoms with Crippen molar-refractivity contribution in [1.29, 1.82) is 0 Å². The number of nitrogens with zero attached hydrogens (tertiary/aromatic N) is 3. The highest BCUT2D eigenvalue weighted by atomic mass is 16.6. The largest absolute Gasteiger partial charge is 0.480 e. The van der Waals surface area contributed by atoms with Crippen LogP contribution in [0.5, 0.6) is 0 Å². The standard InChI is InChI=1S/C10H11N3O6/c14-10(15)7-19-6-5-12(11-16)8-1-3-9(4-2-8)13(17)18/h1-4H,5-7H2,(H,14,15). The first-order valence-corrected chi connectivity index (χ1v) is 5.19. The molecule has 0 saturated carbocycles. The number of rotatable bonds is 8. The lowest BCUT2D eigenvalue weighted by Gasteiger charge is -2.14. The Labute approximate surface area is 107 Å². The number of nitro benzene ring substituents is 1. The molecule has 0 atom stereocenters. The van der Waals surface area contributed by atoms with Crippen LogP contribution in [0.4, 0.5) is 11.4 Å². The molecule has 1 aromatic carbocycles. The van der Waals surface area contributed by atoms with Crippen molar-refractivity contribution in [2.24, 2.45) is 5.29 Å². The predicted octanol–water partition coefficient (Wildman–Crippen LogP) is 1.18. The molecule has 9 heteroatoms. The second-order valence-corrected chi connectivity index (χ2v) is 3.42. The summed E-state index contributed by atoms with van der Waals surface area (Å²) in [6.45, 7) is -0.420. The van der Waals surface area contributed by atoms with Crippen LogP contribution < -0.4 is 5.01 Å². The first-order valence-electron chi connectivity index (χ1n) is 5.19. The Hall–Kier alpha value is -2.55. The molecule has 1 N–H and O–H groups in total. The normalized spacial score (nSPS) is 9.89. The second-order valence-electron chi connectivity index (χ2n) is 3.42. The van der Waals surface area contributed by atoms with Crippen LogP contribution in [-0.4, -0.2) is 35.8 Å². The Kier molecular flexibility index (Phi) is 5.35. The van der Waals surface area contributed by atoms with Gasteiger partial charge in [-0.15, -0.1) is 4.91 Å². The van der Waals surface area contributed by atoms with E-state index in [1.54, 1.807) is 0 Å². The Bertz CT molecular complexity index is 461. The van der Waals surface area contributed by atoms with Crippen molar-refractivity contribution in [3.63, 3.8) is 0 Å². The molecule has 19 heavy (non-hydrogen) atoms. The van der Waals surface area contributed by atoms with E-state index in [0.29, 0.717) is 5.69 Å². The number of carbonyl (C=O) groups is 1. The first kappa shape index (κ1) is 14.5. The number of non-ortho nitro benzene ring substituents is 1. The maximum absolute atomic E-state index is 10.6. The fraction of sp³-hybridized carbons (Fsp3) is 0.300. The molecule has 0 amide bonds. The number of nitroso groups, excluding NO2 is 1. The monoisotopic (exact) mass is 269 g/mol. The summed E-state index contributed by atoms with van der Waals surface area (Å²) < 4.78 is 4.76. The molecular weight excluding hydrogens is 258 g/mol. The molecule has 102 valence electrons. The molecule has 0 fully saturated rings. The van der Waals surface area contributed by atoms with Gasteiger partial charge in [-0.1, -0.05) is 0 Å². The van der Waals surface area contributed by atoms with Crippen molar-refractivity contribution >= 4 is 17.3 Å². The van der Waals surface area contributed by atoms with Crippen LogP contribution in [0.2, 0.25) is 0 Å². The fourth-order valence-electron chi connectivity index (χ4n) is 1.27. The first-order chi connectivity index (χ1) is 9.04. The maximum Gasteiger partial charge on any atom is 0.329 e. The van der Waals surface area contributed by atoms with Gasteiger partial charge in [0.05, 0.1) is 29.0 Å². The summed E-state index contributed by atoms with van der Waals surface area (Å²) in [4.78, 5) is 30.7. The van der Waals surface area contributed by atoms with Gasteiger partial charge in [0.2, 0.25) is 0 Å². The molecule has 9 nitrogen and oxygen atoms in total. The van der Waals surface area contributed by atoms with E-state index in [4.69, 9.17) is 9.84 Å². The average molecular weight is 269 g/mol. The zero-order chi connectivity index (χ0) is 14.3. The minimum Gasteiger partial charge on any atom is -0.480 e. The number of hydrogen-bond donors (Lipinski definition) is 1. The fourth-order valence-corrected chi connectivity index (χ4v) is 1.27. The summed E-state index contributed by atoms with van der Waals surface area (Å²) in [6, 6.07) is 5.23. The Balaban J connectivity index is 2.56. The van der Waals surface area contributed by atoms with Crippen LogP contribution >= 0.6 is 0 Å². The lowest BCUT2D eigenvalue weighted by atomic mass is 10.3. The second kappa shape index (κ2) is 7.01. The average Bonchev–Trinajstić information content (AvgIpc) is 2.39. The van der Waals surface area contributed by atoms with Crippen molar-refractivity contribution < 1.29 is 19.6 Å². The number of ether oxygens (including phenoxy) is 1. The number of carboxylic acids is 1. The highest BCUT2D eigenvalue weighted by molar-refractivity contribution is 5.68. The zero-order valence-electron chi connectivity index (χ0n) is 9.76. The molecule has 1 rings (SSSR count). The summed E-state index contributed by atoms with van der Waals surface area (Å²) in [6.07, 6.45) is 0. The van der Waals surface area contributed by atoms with Crippen LogP contribution in [0.1, 0.15) is 0 Å². The molecule has 0 spiro atoms. The topological polar surface area (TPSA) is 122 Å². The van der Waals surface area contributed by atoms with E-state index in [1.165, 1.54) is 24.3 Å². The summed E-state index contributed by atoms with van der Waals surface area (Å²) in [5.74, 6) is -1.11. The quantitative estimate of drug-likeness (QED) is 0.325. The smallest absolute Gasteiger partial charge is 0.329 e. The van der Waals surface area contributed by atoms with Gasteiger partial charge in [0.15, 0.2) is 0 Å². The van der Waals surface area contributed by atoms with Crippen molar-refractivity contribution in [2.75, 3.05) is 24.8 Å². The molecule has 0 radical (unpaired) electrons. The van der Waals surface area contributed by atoms with Gasteiger partial charge in [0.1, 0.15) is 6.61 Å². The van der Waals surface area contributed by atoms with Gasteiger partial charge in [-0.2, -0.15) is 0 Å². The summed E-state index contributed by atoms with van der Waals surface area (Å²) in [7, 11) is 0. The third kappa shape index (κ3) is 4.68. The van der Waals surface area contributed by atoms with Crippen LogP contribution in [0.15, 0.2) is 29.6 Å². The van der Waals surface area contributed by atoms with Crippen LogP contribution in [0.3, 0.4) is 0 Å². The lowest BCUT2D eigenvalue weighted by Crippen LogP contribution is -2.22. The third-order valence-corrected chi connectivity index (χ3v) is 2.13. The third-order valence-electron chi connectivity index (χ3n) is 2.13. The van der Waals surface area contributed by atoms with E-state index < -0.39 is 17.5 Å². The SMILES string of the molecule is O=NN(CCOCC(=O)O)c1ccc([N+](=O)[O-])cc1. The maximum atomic E-state index is 10.6. The van der Waals surface area contributed by atoms with E-state index in [-0.39, 0.29) is 18.8 Å². The van der Waals surface area contributed by atoms with Gasteiger partial charge in [0.25, 0.3) is 5.69 Å². The van der Waals surface area contributed by atoms with Gasteiger partial charge >= 0.3 is 5.97 Å². The number of aliphatic carboxylic acids is 1. The Morgan fingerprint density at radius 3 is 2.53 bits per heavy atom. The van der Waals surface area contributed by atoms with Crippen molar-refractivity contribution in [1.82, 2.24) is 0 Å². The van der Waals surface area contributed by atoms with Gasteiger partial charge in [-0.25, -0.2) is 9.80 Å². The van der Waals surface area contributed by atoms with Gasteiger partial charge in [0, 0.05) is 12.1 Å². The molecule has 0 aliphatic heterocycles. The van der Waals surface area contributed by atoms with Crippen LogP contribution in [0.25, 0.3) is 0 Å². The highest BCUT2D eigenvalue weighted by Crippen LogP contribution is 2.19. The van der Waals surface area contributed by atoms with E-state index in [2.05, 4.69) is 5.29 Å². The minimum atomic E-state index is -1.11. The Morgan fingerprint density at radius 2 is 2.05 bits per heavy atom.